The summed E-state index contributed by atoms with van der Waals surface area (Å²) in [4.78, 5) is 14.3. The molecule has 2 N–H and O–H groups in total. The first-order chi connectivity index (χ1) is 7.76. The highest BCUT2D eigenvalue weighted by Crippen LogP contribution is 2.14. The van der Waals surface area contributed by atoms with Gasteiger partial charge in [-0.05, 0) is 17.7 Å². The van der Waals surface area contributed by atoms with Gasteiger partial charge in [-0.25, -0.2) is 14.1 Å². The van der Waals surface area contributed by atoms with E-state index in [9.17, 15) is 9.18 Å². The monoisotopic (exact) mass is 220 g/mol. The molecule has 0 aliphatic carbocycles. The maximum absolute atomic E-state index is 13.7. The molecule has 0 aliphatic heterocycles. The van der Waals surface area contributed by atoms with Crippen LogP contribution in [0.2, 0.25) is 0 Å². The molecule has 2 rings (SSSR count). The van der Waals surface area contributed by atoms with Gasteiger partial charge in [-0.15, -0.1) is 0 Å². The summed E-state index contributed by atoms with van der Waals surface area (Å²) in [5.74, 6) is -0.434. The van der Waals surface area contributed by atoms with Gasteiger partial charge in [-0.3, -0.25) is 4.79 Å². The molecule has 0 unspecified atom stereocenters. The second-order valence-corrected chi connectivity index (χ2v) is 3.14. The van der Waals surface area contributed by atoms with Crippen molar-refractivity contribution in [2.24, 2.45) is 5.73 Å². The molecule has 1 heterocycles. The molecule has 0 amide bonds. The molecule has 6 heteroatoms. The fourth-order valence-electron chi connectivity index (χ4n) is 1.37. The maximum Gasteiger partial charge on any atom is 0.196 e. The lowest BCUT2D eigenvalue weighted by Crippen LogP contribution is -2.06. The first-order valence-corrected chi connectivity index (χ1v) is 4.60. The number of hydrogen-bond acceptors (Lipinski definition) is 4. The minimum Gasteiger partial charge on any atom is -0.326 e. The van der Waals surface area contributed by atoms with Crippen molar-refractivity contribution in [3.8, 4) is 5.69 Å². The standard InChI is InChI=1S/C10H9FN4O/c11-8-3-7(4-12)1-2-9(8)15-10(5-16)13-6-14-15/h1-3,5-6H,4,12H2. The van der Waals surface area contributed by atoms with Crippen LogP contribution >= 0.6 is 0 Å². The van der Waals surface area contributed by atoms with Gasteiger partial charge in [0.1, 0.15) is 17.8 Å². The molecule has 16 heavy (non-hydrogen) atoms. The molecule has 0 radical (unpaired) electrons. The molecule has 0 spiro atoms. The van der Waals surface area contributed by atoms with Crippen molar-refractivity contribution in [1.82, 2.24) is 14.8 Å². The topological polar surface area (TPSA) is 73.8 Å². The van der Waals surface area contributed by atoms with Gasteiger partial charge >= 0.3 is 0 Å². The fourth-order valence-corrected chi connectivity index (χ4v) is 1.37. The van der Waals surface area contributed by atoms with Gasteiger partial charge in [0.25, 0.3) is 0 Å². The van der Waals surface area contributed by atoms with Crippen molar-refractivity contribution in [2.45, 2.75) is 6.54 Å². The second kappa shape index (κ2) is 4.19. The van der Waals surface area contributed by atoms with Crippen molar-refractivity contribution in [3.05, 3.63) is 41.7 Å². The average Bonchev–Trinajstić information content (AvgIpc) is 2.76. The molecule has 0 bridgehead atoms. The predicted molar refractivity (Wildman–Crippen MR) is 54.6 cm³/mol. The van der Waals surface area contributed by atoms with Gasteiger partial charge in [0, 0.05) is 6.54 Å². The zero-order chi connectivity index (χ0) is 11.5. The minimum atomic E-state index is -0.489. The first-order valence-electron chi connectivity index (χ1n) is 4.60. The van der Waals surface area contributed by atoms with Gasteiger partial charge in [0.2, 0.25) is 0 Å². The Hall–Kier alpha value is -2.08. The number of aromatic nitrogens is 3. The molecule has 0 saturated carbocycles. The normalized spacial score (nSPS) is 10.4. The van der Waals surface area contributed by atoms with Crippen LogP contribution in [0, 0.1) is 5.82 Å². The van der Waals surface area contributed by atoms with Crippen LogP contribution in [0.1, 0.15) is 16.2 Å². The quantitative estimate of drug-likeness (QED) is 0.772. The lowest BCUT2D eigenvalue weighted by Gasteiger charge is -2.05. The van der Waals surface area contributed by atoms with Crippen LogP contribution in [-0.2, 0) is 6.54 Å². The second-order valence-electron chi connectivity index (χ2n) is 3.14. The Kier molecular flexibility index (Phi) is 2.74. The molecule has 5 nitrogen and oxygen atoms in total. The number of hydrogen-bond donors (Lipinski definition) is 1. The van der Waals surface area contributed by atoms with Gasteiger partial charge in [0.05, 0.1) is 0 Å². The van der Waals surface area contributed by atoms with Crippen LogP contribution in [0.3, 0.4) is 0 Å². The lowest BCUT2D eigenvalue weighted by molar-refractivity contribution is 0.111. The largest absolute Gasteiger partial charge is 0.326 e. The Labute approximate surface area is 90.7 Å². The van der Waals surface area contributed by atoms with Crippen LogP contribution in [-0.4, -0.2) is 21.1 Å². The number of benzene rings is 1. The minimum absolute atomic E-state index is 0.0550. The number of rotatable bonds is 3. The molecule has 82 valence electrons. The van der Waals surface area contributed by atoms with E-state index in [1.54, 1.807) is 6.07 Å². The van der Waals surface area contributed by atoms with Crippen LogP contribution in [0.4, 0.5) is 4.39 Å². The van der Waals surface area contributed by atoms with E-state index >= 15 is 0 Å². The number of halogens is 1. The number of carbonyl (C=O) groups is 1. The SMILES string of the molecule is NCc1ccc(-n2ncnc2C=O)c(F)c1. The third-order valence-electron chi connectivity index (χ3n) is 2.16. The van der Waals surface area contributed by atoms with Gasteiger partial charge < -0.3 is 5.73 Å². The Morgan fingerprint density at radius 2 is 2.31 bits per heavy atom. The zero-order valence-corrected chi connectivity index (χ0v) is 8.30. The summed E-state index contributed by atoms with van der Waals surface area (Å²) in [5, 5.41) is 3.78. The summed E-state index contributed by atoms with van der Waals surface area (Å²) < 4.78 is 14.8. The summed E-state index contributed by atoms with van der Waals surface area (Å²) in [7, 11) is 0. The van der Waals surface area contributed by atoms with Gasteiger partial charge in [-0.1, -0.05) is 6.07 Å². The number of carbonyl (C=O) groups excluding carboxylic acids is 1. The van der Waals surface area contributed by atoms with Crippen molar-refractivity contribution < 1.29 is 9.18 Å². The van der Waals surface area contributed by atoms with Crippen molar-refractivity contribution >= 4 is 6.29 Å². The summed E-state index contributed by atoms with van der Waals surface area (Å²) in [5.41, 5.74) is 6.24. The molecule has 1 aromatic heterocycles. The average molecular weight is 220 g/mol. The third-order valence-corrected chi connectivity index (χ3v) is 2.16. The number of nitrogens with two attached hydrogens (primary N) is 1. The van der Waals surface area contributed by atoms with Crippen molar-refractivity contribution in [2.75, 3.05) is 0 Å². The highest BCUT2D eigenvalue weighted by Gasteiger charge is 2.10. The summed E-state index contributed by atoms with van der Waals surface area (Å²) in [6.07, 6.45) is 1.71. The van der Waals surface area contributed by atoms with Gasteiger partial charge in [-0.2, -0.15) is 5.10 Å². The smallest absolute Gasteiger partial charge is 0.196 e. The molecular weight excluding hydrogens is 211 g/mol. The molecular formula is C10H9FN4O. The molecule has 0 fully saturated rings. The van der Waals surface area contributed by atoms with Crippen molar-refractivity contribution in [1.29, 1.82) is 0 Å². The Balaban J connectivity index is 2.52. The fraction of sp³-hybridized carbons (Fsp3) is 0.100. The summed E-state index contributed by atoms with van der Waals surface area (Å²) >= 11 is 0. The van der Waals surface area contributed by atoms with E-state index in [0.29, 0.717) is 11.8 Å². The third kappa shape index (κ3) is 1.70. The van der Waals surface area contributed by atoms with E-state index in [0.717, 1.165) is 4.68 Å². The van der Waals surface area contributed by atoms with Crippen LogP contribution < -0.4 is 5.73 Å². The van der Waals surface area contributed by atoms with E-state index < -0.39 is 5.82 Å². The number of aldehydes is 1. The first kappa shape index (κ1) is 10.4. The van der Waals surface area contributed by atoms with Crippen LogP contribution in [0.5, 0.6) is 0 Å². The predicted octanol–water partition coefficient (Wildman–Crippen LogP) is 0.678. The highest BCUT2D eigenvalue weighted by atomic mass is 19.1. The molecule has 1 aromatic carbocycles. The summed E-state index contributed by atoms with van der Waals surface area (Å²) in [6, 6.07) is 4.50. The van der Waals surface area contributed by atoms with E-state index in [1.165, 1.54) is 18.5 Å². The molecule has 0 aliphatic rings. The zero-order valence-electron chi connectivity index (χ0n) is 8.30. The van der Waals surface area contributed by atoms with E-state index in [2.05, 4.69) is 10.1 Å². The Morgan fingerprint density at radius 3 is 2.94 bits per heavy atom. The number of nitrogens with zero attached hydrogens (tertiary/aromatic N) is 3. The van der Waals surface area contributed by atoms with Gasteiger partial charge in [0.15, 0.2) is 12.1 Å². The Morgan fingerprint density at radius 1 is 1.50 bits per heavy atom. The van der Waals surface area contributed by atoms with E-state index in [4.69, 9.17) is 5.73 Å². The summed E-state index contributed by atoms with van der Waals surface area (Å²) in [6.45, 7) is 0.259. The Bertz CT molecular complexity index is 523. The van der Waals surface area contributed by atoms with E-state index in [1.807, 2.05) is 0 Å². The van der Waals surface area contributed by atoms with Crippen LogP contribution in [0.15, 0.2) is 24.5 Å². The van der Waals surface area contributed by atoms with Crippen molar-refractivity contribution in [3.63, 3.8) is 0 Å². The van der Waals surface area contributed by atoms with E-state index in [-0.39, 0.29) is 18.1 Å². The highest BCUT2D eigenvalue weighted by molar-refractivity contribution is 5.70. The lowest BCUT2D eigenvalue weighted by atomic mass is 10.2. The maximum atomic E-state index is 13.7. The molecule has 0 saturated heterocycles. The van der Waals surface area contributed by atoms with Crippen LogP contribution in [0.25, 0.3) is 5.69 Å². The molecule has 0 atom stereocenters. The molecule has 2 aromatic rings.